The number of fused-ring (bicyclic) bond motifs is 2. The van der Waals surface area contributed by atoms with Gasteiger partial charge in [-0.15, -0.1) is 0 Å². The molecule has 0 amide bonds. The standard InChI is InChI=1S/C28H25N5O2/c1-2-35-28(34)20-12-21(13-20)33-15-22(25-26(29)30-16-31-27(25)33)19-9-8-18-10-11-23(32-24(18)14-19)17-6-4-3-5-7-17/h3-11,14-16,20-21H,2,12-13H2,1H3,(H2,29,30,31). The Bertz CT molecular complexity index is 1550. The highest BCUT2D eigenvalue weighted by atomic mass is 16.5. The lowest BCUT2D eigenvalue weighted by Gasteiger charge is -2.34. The smallest absolute Gasteiger partial charge is 0.309 e. The topological polar surface area (TPSA) is 95.9 Å². The Balaban J connectivity index is 1.41. The average molecular weight is 464 g/mol. The van der Waals surface area contributed by atoms with Gasteiger partial charge in [-0.05, 0) is 37.5 Å². The fourth-order valence-corrected chi connectivity index (χ4v) is 4.93. The number of aromatic nitrogens is 4. The van der Waals surface area contributed by atoms with E-state index in [1.165, 1.54) is 6.33 Å². The van der Waals surface area contributed by atoms with Crippen LogP contribution in [0, 0.1) is 5.92 Å². The number of rotatable bonds is 5. The largest absolute Gasteiger partial charge is 0.466 e. The second-order valence-corrected chi connectivity index (χ2v) is 8.95. The first kappa shape index (κ1) is 21.3. The number of benzene rings is 2. The maximum atomic E-state index is 12.1. The molecule has 0 spiro atoms. The van der Waals surface area contributed by atoms with Gasteiger partial charge in [0.15, 0.2) is 0 Å². The molecule has 7 heteroatoms. The summed E-state index contributed by atoms with van der Waals surface area (Å²) in [5.41, 5.74) is 12.0. The predicted molar refractivity (Wildman–Crippen MR) is 137 cm³/mol. The maximum absolute atomic E-state index is 12.1. The van der Waals surface area contributed by atoms with Gasteiger partial charge in [-0.1, -0.05) is 48.5 Å². The first-order chi connectivity index (χ1) is 17.1. The van der Waals surface area contributed by atoms with Gasteiger partial charge in [0.05, 0.1) is 29.1 Å². The van der Waals surface area contributed by atoms with E-state index in [0.717, 1.165) is 57.2 Å². The van der Waals surface area contributed by atoms with Gasteiger partial charge < -0.3 is 15.0 Å². The van der Waals surface area contributed by atoms with Crippen LogP contribution in [0.4, 0.5) is 5.82 Å². The average Bonchev–Trinajstić information content (AvgIpc) is 3.24. The van der Waals surface area contributed by atoms with E-state index >= 15 is 0 Å². The molecule has 0 atom stereocenters. The molecule has 2 aromatic carbocycles. The van der Waals surface area contributed by atoms with E-state index in [2.05, 4.69) is 57.1 Å². The van der Waals surface area contributed by atoms with Gasteiger partial charge in [-0.25, -0.2) is 15.0 Å². The number of nitrogens with zero attached hydrogens (tertiary/aromatic N) is 4. The number of carbonyl (C=O) groups is 1. The number of anilines is 1. The van der Waals surface area contributed by atoms with Crippen molar-refractivity contribution in [1.82, 2.24) is 19.5 Å². The molecular formula is C28H25N5O2. The van der Waals surface area contributed by atoms with E-state index < -0.39 is 0 Å². The lowest BCUT2D eigenvalue weighted by Crippen LogP contribution is -2.33. The Hall–Kier alpha value is -4.26. The fourth-order valence-electron chi connectivity index (χ4n) is 4.93. The summed E-state index contributed by atoms with van der Waals surface area (Å²) in [6.45, 7) is 2.24. The van der Waals surface area contributed by atoms with E-state index in [-0.39, 0.29) is 17.9 Å². The van der Waals surface area contributed by atoms with Gasteiger partial charge in [0.25, 0.3) is 0 Å². The van der Waals surface area contributed by atoms with Gasteiger partial charge in [-0.2, -0.15) is 0 Å². The van der Waals surface area contributed by atoms with Crippen molar-refractivity contribution in [3.8, 4) is 22.4 Å². The number of ether oxygens (including phenoxy) is 1. The Morgan fingerprint density at radius 2 is 1.86 bits per heavy atom. The molecule has 1 aliphatic rings. The Labute approximate surface area is 202 Å². The maximum Gasteiger partial charge on any atom is 0.309 e. The van der Waals surface area contributed by atoms with Gasteiger partial charge >= 0.3 is 5.97 Å². The monoisotopic (exact) mass is 463 g/mol. The molecule has 7 nitrogen and oxygen atoms in total. The summed E-state index contributed by atoms with van der Waals surface area (Å²) < 4.78 is 7.33. The van der Waals surface area contributed by atoms with Crippen molar-refractivity contribution in [3.63, 3.8) is 0 Å². The number of carbonyl (C=O) groups excluding carboxylic acids is 1. The number of hydrogen-bond acceptors (Lipinski definition) is 6. The van der Waals surface area contributed by atoms with Crippen LogP contribution in [0.1, 0.15) is 25.8 Å². The van der Waals surface area contributed by atoms with Gasteiger partial charge in [0, 0.05) is 28.8 Å². The van der Waals surface area contributed by atoms with Crippen LogP contribution in [-0.4, -0.2) is 32.1 Å². The molecule has 2 N–H and O–H groups in total. The summed E-state index contributed by atoms with van der Waals surface area (Å²) in [6, 6.07) is 20.7. The molecule has 3 aromatic heterocycles. The third kappa shape index (κ3) is 3.69. The van der Waals surface area contributed by atoms with Crippen molar-refractivity contribution in [2.24, 2.45) is 5.92 Å². The van der Waals surface area contributed by atoms with Crippen LogP contribution in [0.2, 0.25) is 0 Å². The minimum Gasteiger partial charge on any atom is -0.466 e. The van der Waals surface area contributed by atoms with Crippen molar-refractivity contribution in [2.75, 3.05) is 12.3 Å². The summed E-state index contributed by atoms with van der Waals surface area (Å²) in [4.78, 5) is 25.9. The Morgan fingerprint density at radius 3 is 2.66 bits per heavy atom. The van der Waals surface area contributed by atoms with Crippen molar-refractivity contribution in [3.05, 3.63) is 73.2 Å². The number of nitrogen functional groups attached to an aromatic ring is 1. The predicted octanol–water partition coefficient (Wildman–Crippen LogP) is 5.41. The molecule has 174 valence electrons. The van der Waals surface area contributed by atoms with Gasteiger partial charge in [0.1, 0.15) is 17.8 Å². The molecule has 6 rings (SSSR count). The molecule has 35 heavy (non-hydrogen) atoms. The highest BCUT2D eigenvalue weighted by Gasteiger charge is 2.37. The first-order valence-electron chi connectivity index (χ1n) is 11.9. The van der Waals surface area contributed by atoms with Crippen LogP contribution >= 0.6 is 0 Å². The second-order valence-electron chi connectivity index (χ2n) is 8.95. The van der Waals surface area contributed by atoms with Crippen LogP contribution < -0.4 is 5.73 Å². The van der Waals surface area contributed by atoms with Crippen molar-refractivity contribution in [1.29, 1.82) is 0 Å². The van der Waals surface area contributed by atoms with Crippen LogP contribution in [-0.2, 0) is 9.53 Å². The quantitative estimate of drug-likeness (QED) is 0.350. The minimum absolute atomic E-state index is 0.0682. The summed E-state index contributed by atoms with van der Waals surface area (Å²) in [5.74, 6) is 0.252. The van der Waals surface area contributed by atoms with Crippen molar-refractivity contribution < 1.29 is 9.53 Å². The first-order valence-corrected chi connectivity index (χ1v) is 11.9. The SMILES string of the molecule is CCOC(=O)C1CC(n2cc(-c3ccc4ccc(-c5ccccc5)nc4c3)c3c(N)ncnc32)C1. The Morgan fingerprint density at radius 1 is 1.06 bits per heavy atom. The van der Waals surface area contributed by atoms with Crippen molar-refractivity contribution >= 4 is 33.7 Å². The molecular weight excluding hydrogens is 438 g/mol. The number of esters is 1. The second kappa shape index (κ2) is 8.51. The summed E-state index contributed by atoms with van der Waals surface area (Å²) in [6.07, 6.45) is 5.04. The Kier molecular flexibility index (Phi) is 5.17. The van der Waals surface area contributed by atoms with Gasteiger partial charge in [0.2, 0.25) is 0 Å². The number of pyridine rings is 1. The molecule has 3 heterocycles. The third-order valence-corrected chi connectivity index (χ3v) is 6.84. The molecule has 0 radical (unpaired) electrons. The zero-order chi connectivity index (χ0) is 23.9. The normalized spacial score (nSPS) is 17.4. The van der Waals surface area contributed by atoms with Gasteiger partial charge in [-0.3, -0.25) is 4.79 Å². The van der Waals surface area contributed by atoms with E-state index in [0.29, 0.717) is 12.4 Å². The lowest BCUT2D eigenvalue weighted by atomic mass is 9.80. The summed E-state index contributed by atoms with van der Waals surface area (Å²) in [7, 11) is 0. The summed E-state index contributed by atoms with van der Waals surface area (Å²) >= 11 is 0. The van der Waals surface area contributed by atoms with E-state index in [4.69, 9.17) is 15.5 Å². The molecule has 0 aliphatic heterocycles. The minimum atomic E-state index is -0.121. The van der Waals surface area contributed by atoms with Crippen molar-refractivity contribution in [2.45, 2.75) is 25.8 Å². The van der Waals surface area contributed by atoms with E-state index in [9.17, 15) is 4.79 Å². The van der Waals surface area contributed by atoms with E-state index in [1.807, 2.05) is 31.2 Å². The number of nitrogens with two attached hydrogens (primary N) is 1. The highest BCUT2D eigenvalue weighted by Crippen LogP contribution is 2.43. The molecule has 1 fully saturated rings. The lowest BCUT2D eigenvalue weighted by molar-refractivity contribution is -0.152. The fraction of sp³-hybridized carbons (Fsp3) is 0.214. The third-order valence-electron chi connectivity index (χ3n) is 6.84. The molecule has 5 aromatic rings. The highest BCUT2D eigenvalue weighted by molar-refractivity contribution is 6.02. The van der Waals surface area contributed by atoms with Crippen LogP contribution in [0.25, 0.3) is 44.3 Å². The molecule has 0 saturated heterocycles. The molecule has 1 saturated carbocycles. The van der Waals surface area contributed by atoms with Crippen LogP contribution in [0.5, 0.6) is 0 Å². The number of hydrogen-bond donors (Lipinski definition) is 1. The summed E-state index contributed by atoms with van der Waals surface area (Å²) in [5, 5.41) is 1.89. The van der Waals surface area contributed by atoms with Crippen LogP contribution in [0.15, 0.2) is 73.2 Å². The van der Waals surface area contributed by atoms with E-state index in [1.54, 1.807) is 0 Å². The zero-order valence-electron chi connectivity index (χ0n) is 19.4. The zero-order valence-corrected chi connectivity index (χ0v) is 19.4. The molecule has 0 unspecified atom stereocenters. The molecule has 0 bridgehead atoms. The molecule has 1 aliphatic carbocycles. The van der Waals surface area contributed by atoms with Crippen LogP contribution in [0.3, 0.4) is 0 Å².